The van der Waals surface area contributed by atoms with Gasteiger partial charge in [0.05, 0.1) is 12.0 Å². The molecule has 1 saturated heterocycles. The quantitative estimate of drug-likeness (QED) is 0.836. The average molecular weight is 266 g/mol. The van der Waals surface area contributed by atoms with Gasteiger partial charge in [0.15, 0.2) is 5.37 Å². The highest BCUT2D eigenvalue weighted by Crippen LogP contribution is 2.39. The number of carbonyl (C=O) groups is 2. The molecule has 0 aliphatic carbocycles. The number of amides is 3. The molecule has 1 aromatic rings. The van der Waals surface area contributed by atoms with Crippen molar-refractivity contribution in [2.45, 2.75) is 25.3 Å². The average Bonchev–Trinajstić information content (AvgIpc) is 2.71. The molecule has 1 heterocycles. The van der Waals surface area contributed by atoms with E-state index in [4.69, 9.17) is 4.18 Å². The minimum atomic E-state index is -0.632. The molecule has 0 aromatic heterocycles. The predicted molar refractivity (Wildman–Crippen MR) is 68.8 cm³/mol. The molecular weight excluding hydrogens is 252 g/mol. The van der Waals surface area contributed by atoms with Gasteiger partial charge in [0.25, 0.3) is 0 Å². The summed E-state index contributed by atoms with van der Waals surface area (Å²) in [6.07, 6.45) is -0.632. The lowest BCUT2D eigenvalue weighted by atomic mass is 10.2. The fourth-order valence-corrected chi connectivity index (χ4v) is 2.38. The van der Waals surface area contributed by atoms with Gasteiger partial charge in [0.1, 0.15) is 0 Å². The predicted octanol–water partition coefficient (Wildman–Crippen LogP) is 2.90. The Balaban J connectivity index is 2.20. The Bertz CT molecular complexity index is 450. The number of carbonyl (C=O) groups excluding carboxylic acids is 2. The van der Waals surface area contributed by atoms with Crippen molar-refractivity contribution in [2.24, 2.45) is 0 Å². The molecule has 1 aromatic carbocycles. The fourth-order valence-electron chi connectivity index (χ4n) is 1.59. The summed E-state index contributed by atoms with van der Waals surface area (Å²) in [5, 5.41) is 2.25. The molecule has 6 heteroatoms. The Labute approximate surface area is 110 Å². The summed E-state index contributed by atoms with van der Waals surface area (Å²) in [6.45, 7) is 3.67. The van der Waals surface area contributed by atoms with Gasteiger partial charge in [-0.25, -0.2) is 14.5 Å². The van der Waals surface area contributed by atoms with Crippen LogP contribution in [0.15, 0.2) is 30.3 Å². The van der Waals surface area contributed by atoms with Crippen LogP contribution in [0.2, 0.25) is 0 Å². The van der Waals surface area contributed by atoms with Crippen LogP contribution in [0.25, 0.3) is 0 Å². The number of nitrogens with one attached hydrogen (secondary N) is 1. The van der Waals surface area contributed by atoms with Crippen molar-refractivity contribution < 1.29 is 13.8 Å². The normalized spacial score (nSPS) is 18.9. The first-order chi connectivity index (χ1) is 8.59. The first kappa shape index (κ1) is 12.8. The summed E-state index contributed by atoms with van der Waals surface area (Å²) in [5.74, 6) is 0. The zero-order valence-electron chi connectivity index (χ0n) is 10.1. The van der Waals surface area contributed by atoms with Crippen LogP contribution < -0.4 is 5.32 Å². The Morgan fingerprint density at radius 2 is 2.06 bits per heavy atom. The van der Waals surface area contributed by atoms with Gasteiger partial charge in [-0.05, 0) is 19.4 Å². The van der Waals surface area contributed by atoms with Gasteiger partial charge in [-0.1, -0.05) is 30.3 Å². The monoisotopic (exact) mass is 266 g/mol. The second-order valence-electron chi connectivity index (χ2n) is 4.18. The van der Waals surface area contributed by atoms with Crippen molar-refractivity contribution in [1.82, 2.24) is 10.2 Å². The fraction of sp³-hybridized carbons (Fsp3) is 0.333. The van der Waals surface area contributed by atoms with Crippen molar-refractivity contribution in [3.63, 3.8) is 0 Å². The van der Waals surface area contributed by atoms with E-state index in [9.17, 15) is 9.59 Å². The lowest BCUT2D eigenvalue weighted by Gasteiger charge is -2.20. The number of rotatable bonds is 2. The van der Waals surface area contributed by atoms with E-state index in [2.05, 4.69) is 5.32 Å². The number of hydrogen-bond donors (Lipinski definition) is 1. The first-order valence-electron chi connectivity index (χ1n) is 5.61. The largest absolute Gasteiger partial charge is 0.431 e. The van der Waals surface area contributed by atoms with Crippen LogP contribution >= 0.6 is 12.0 Å². The van der Waals surface area contributed by atoms with Crippen LogP contribution in [0.3, 0.4) is 0 Å². The third kappa shape index (κ3) is 2.59. The smallest absolute Gasteiger partial charge is 0.372 e. The van der Waals surface area contributed by atoms with Crippen LogP contribution in [0, 0.1) is 0 Å². The molecule has 0 bridgehead atoms. The highest BCUT2D eigenvalue weighted by Gasteiger charge is 2.40. The van der Waals surface area contributed by atoms with E-state index >= 15 is 0 Å². The van der Waals surface area contributed by atoms with E-state index in [-0.39, 0.29) is 6.04 Å². The topological polar surface area (TPSA) is 58.6 Å². The Hall–Kier alpha value is -1.69. The van der Waals surface area contributed by atoms with Gasteiger partial charge in [-0.2, -0.15) is 0 Å². The van der Waals surface area contributed by atoms with Crippen molar-refractivity contribution in [2.75, 3.05) is 0 Å². The first-order valence-corrected chi connectivity index (χ1v) is 6.42. The van der Waals surface area contributed by atoms with Crippen molar-refractivity contribution in [3.05, 3.63) is 35.9 Å². The van der Waals surface area contributed by atoms with E-state index < -0.39 is 17.5 Å². The molecule has 1 N–H and O–H groups in total. The van der Waals surface area contributed by atoms with Gasteiger partial charge in [0, 0.05) is 6.04 Å². The van der Waals surface area contributed by atoms with E-state index in [0.717, 1.165) is 22.5 Å². The summed E-state index contributed by atoms with van der Waals surface area (Å²) >= 11 is 0.983. The number of urea groups is 1. The van der Waals surface area contributed by atoms with E-state index in [0.29, 0.717) is 0 Å². The Kier molecular flexibility index (Phi) is 3.76. The third-order valence-electron chi connectivity index (χ3n) is 2.36. The molecule has 18 heavy (non-hydrogen) atoms. The van der Waals surface area contributed by atoms with E-state index in [1.54, 1.807) is 0 Å². The molecule has 1 fully saturated rings. The molecule has 2 rings (SSSR count). The van der Waals surface area contributed by atoms with E-state index in [1.807, 2.05) is 44.2 Å². The summed E-state index contributed by atoms with van der Waals surface area (Å²) in [5.41, 5.74) is 0.854. The van der Waals surface area contributed by atoms with Gasteiger partial charge >= 0.3 is 12.1 Å². The SMILES string of the molecule is CC(C)NC(=O)N1C(=O)OSC1c1ccccc1. The molecular formula is C12H14N2O3S. The van der Waals surface area contributed by atoms with Crippen LogP contribution in [0.1, 0.15) is 24.8 Å². The summed E-state index contributed by atoms with van der Waals surface area (Å²) in [7, 11) is 0. The number of benzene rings is 1. The minimum absolute atomic E-state index is 0.0349. The highest BCUT2D eigenvalue weighted by molar-refractivity contribution is 7.95. The maximum Gasteiger partial charge on any atom is 0.431 e. The molecule has 3 amide bonds. The molecule has 5 nitrogen and oxygen atoms in total. The molecule has 0 spiro atoms. The number of hydrogen-bond acceptors (Lipinski definition) is 4. The second kappa shape index (κ2) is 5.30. The standard InChI is InChI=1S/C12H14N2O3S/c1-8(2)13-11(15)14-10(18-17-12(14)16)9-6-4-3-5-7-9/h3-8,10H,1-2H3,(H,13,15). The van der Waals surface area contributed by atoms with Crippen molar-refractivity contribution in [3.8, 4) is 0 Å². The third-order valence-corrected chi connectivity index (χ3v) is 3.26. The van der Waals surface area contributed by atoms with E-state index in [1.165, 1.54) is 0 Å². The van der Waals surface area contributed by atoms with Crippen LogP contribution in [0.5, 0.6) is 0 Å². The number of nitrogens with zero attached hydrogens (tertiary/aromatic N) is 1. The van der Waals surface area contributed by atoms with Crippen LogP contribution in [0.4, 0.5) is 9.59 Å². The van der Waals surface area contributed by atoms with Gasteiger partial charge < -0.3 is 9.50 Å². The molecule has 1 aliphatic heterocycles. The highest BCUT2D eigenvalue weighted by atomic mass is 32.2. The minimum Gasteiger partial charge on any atom is -0.372 e. The van der Waals surface area contributed by atoms with Crippen molar-refractivity contribution in [1.29, 1.82) is 0 Å². The molecule has 1 unspecified atom stereocenters. The van der Waals surface area contributed by atoms with Crippen molar-refractivity contribution >= 4 is 24.2 Å². The summed E-state index contributed by atoms with van der Waals surface area (Å²) in [4.78, 5) is 24.7. The zero-order chi connectivity index (χ0) is 13.1. The van der Waals surface area contributed by atoms with Gasteiger partial charge in [-0.15, -0.1) is 0 Å². The molecule has 1 atom stereocenters. The number of imide groups is 1. The molecule has 1 aliphatic rings. The molecule has 0 saturated carbocycles. The maximum absolute atomic E-state index is 12.0. The summed E-state index contributed by atoms with van der Waals surface area (Å²) in [6, 6.07) is 8.84. The Morgan fingerprint density at radius 3 is 2.67 bits per heavy atom. The maximum atomic E-state index is 12.0. The molecule has 96 valence electrons. The Morgan fingerprint density at radius 1 is 1.39 bits per heavy atom. The van der Waals surface area contributed by atoms with Crippen LogP contribution in [-0.2, 0) is 4.18 Å². The van der Waals surface area contributed by atoms with Gasteiger partial charge in [0.2, 0.25) is 0 Å². The zero-order valence-corrected chi connectivity index (χ0v) is 10.9. The second-order valence-corrected chi connectivity index (χ2v) is 4.99. The lowest BCUT2D eigenvalue weighted by Crippen LogP contribution is -2.44. The summed E-state index contributed by atoms with van der Waals surface area (Å²) < 4.78 is 4.88. The van der Waals surface area contributed by atoms with Crippen LogP contribution in [-0.4, -0.2) is 23.1 Å². The van der Waals surface area contributed by atoms with Gasteiger partial charge in [-0.3, -0.25) is 0 Å². The molecule has 0 radical (unpaired) electrons. The lowest BCUT2D eigenvalue weighted by molar-refractivity contribution is 0.167.